The average Bonchev–Trinajstić information content (AvgIpc) is 2.94. The first-order chi connectivity index (χ1) is 17.7. The average molecular weight is 520 g/mol. The number of carbonyl (C=O) groups is 1. The van der Waals surface area contributed by atoms with Gasteiger partial charge in [0.2, 0.25) is 11.8 Å². The van der Waals surface area contributed by atoms with Crippen LogP contribution in [0.4, 0.5) is 0 Å². The number of hydrogen-bond donors (Lipinski definition) is 2. The van der Waals surface area contributed by atoms with E-state index in [1.165, 1.54) is 10.5 Å². The van der Waals surface area contributed by atoms with Gasteiger partial charge in [0.1, 0.15) is 5.69 Å². The van der Waals surface area contributed by atoms with Crippen LogP contribution in [-0.2, 0) is 4.74 Å². The Bertz CT molecular complexity index is 1170. The van der Waals surface area contributed by atoms with Crippen molar-refractivity contribution < 1.29 is 9.53 Å². The summed E-state index contributed by atoms with van der Waals surface area (Å²) in [6.45, 7) is 14.0. The summed E-state index contributed by atoms with van der Waals surface area (Å²) in [6.07, 6.45) is 2.66. The monoisotopic (exact) mass is 519 g/mol. The van der Waals surface area contributed by atoms with Gasteiger partial charge in [-0.2, -0.15) is 0 Å². The lowest BCUT2D eigenvalue weighted by Gasteiger charge is -2.13. The molecule has 206 valence electrons. The highest BCUT2D eigenvalue weighted by molar-refractivity contribution is 6.04. The molecule has 7 heteroatoms. The Balaban J connectivity index is 0.00000261. The number of amides is 1. The molecule has 0 bridgehead atoms. The van der Waals surface area contributed by atoms with Crippen molar-refractivity contribution in [3.63, 3.8) is 0 Å². The van der Waals surface area contributed by atoms with Crippen molar-refractivity contribution in [2.75, 3.05) is 14.1 Å². The highest BCUT2D eigenvalue weighted by atomic mass is 16.5. The highest BCUT2D eigenvalue weighted by Gasteiger charge is 2.16. The van der Waals surface area contributed by atoms with Crippen molar-refractivity contribution in [2.45, 2.75) is 68.2 Å². The van der Waals surface area contributed by atoms with Crippen molar-refractivity contribution in [2.24, 2.45) is 0 Å². The molecular formula is C31H45N5O2. The highest BCUT2D eigenvalue weighted by Crippen LogP contribution is 2.21. The Kier molecular flexibility index (Phi) is 15.1. The third-order valence-corrected chi connectivity index (χ3v) is 5.56. The number of carbonyl (C=O) groups excluding carboxylic acids is 1. The van der Waals surface area contributed by atoms with E-state index in [0.29, 0.717) is 28.4 Å². The van der Waals surface area contributed by atoms with Crippen LogP contribution >= 0.6 is 0 Å². The first-order valence-electron chi connectivity index (χ1n) is 12.8. The molecule has 2 aromatic carbocycles. The molecule has 0 aliphatic carbocycles. The molecule has 0 saturated carbocycles. The Morgan fingerprint density at radius 1 is 0.921 bits per heavy atom. The van der Waals surface area contributed by atoms with Crippen LogP contribution in [0.1, 0.15) is 94.2 Å². The van der Waals surface area contributed by atoms with Crippen molar-refractivity contribution in [3.05, 3.63) is 82.8 Å². The number of nitrogens with zero attached hydrogens (tertiary/aromatic N) is 3. The molecule has 1 atom stereocenters. The Morgan fingerprint density at radius 2 is 1.45 bits per heavy atom. The second kappa shape index (κ2) is 16.8. The quantitative estimate of drug-likeness (QED) is 0.257. The standard InChI is InChI=1S/C26H29N5O2.2C2H6.CH4/c1-6-16(2)18-7-11-20(12-8-18)24(27)33-25(28)23-17(3)29-15-22(30-23)19-9-13-21(14-10-19)26(32)31(4)5;2*1-2;/h7-16,27-28H,6H2,1-5H3;2*1-2H3;1H4. The smallest absolute Gasteiger partial charge is 0.253 e. The maximum Gasteiger partial charge on any atom is 0.253 e. The van der Waals surface area contributed by atoms with Gasteiger partial charge in [0.25, 0.3) is 5.91 Å². The zero-order valence-electron chi connectivity index (χ0n) is 23.6. The second-order valence-corrected chi connectivity index (χ2v) is 8.16. The molecule has 2 N–H and O–H groups in total. The lowest BCUT2D eigenvalue weighted by molar-refractivity contribution is 0.0827. The van der Waals surface area contributed by atoms with E-state index in [9.17, 15) is 4.79 Å². The Hall–Kier alpha value is -3.87. The van der Waals surface area contributed by atoms with Gasteiger partial charge in [0.15, 0.2) is 0 Å². The predicted octanol–water partition coefficient (Wildman–Crippen LogP) is 7.72. The van der Waals surface area contributed by atoms with Crippen LogP contribution in [0.5, 0.6) is 0 Å². The molecule has 0 fully saturated rings. The lowest BCUT2D eigenvalue weighted by atomic mass is 9.98. The van der Waals surface area contributed by atoms with Gasteiger partial charge in [-0.05, 0) is 49.1 Å². The summed E-state index contributed by atoms with van der Waals surface area (Å²) >= 11 is 0. The van der Waals surface area contributed by atoms with E-state index < -0.39 is 0 Å². The number of rotatable bonds is 6. The SMILES string of the molecule is C.CC.CC.CCC(C)c1ccc(C(=N)OC(=N)c2nc(-c3ccc(C(=O)N(C)C)cc3)cnc2C)cc1. The van der Waals surface area contributed by atoms with Crippen molar-refractivity contribution in [1.29, 1.82) is 10.8 Å². The summed E-state index contributed by atoms with van der Waals surface area (Å²) in [4.78, 5) is 22.5. The summed E-state index contributed by atoms with van der Waals surface area (Å²) in [7, 11) is 3.41. The number of hydrogen-bond acceptors (Lipinski definition) is 6. The van der Waals surface area contributed by atoms with Crippen molar-refractivity contribution >= 4 is 17.7 Å². The van der Waals surface area contributed by atoms with E-state index in [-0.39, 0.29) is 30.8 Å². The molecule has 1 heterocycles. The number of aromatic nitrogens is 2. The van der Waals surface area contributed by atoms with Gasteiger partial charge in [-0.3, -0.25) is 20.6 Å². The lowest BCUT2D eigenvalue weighted by Crippen LogP contribution is -2.21. The van der Waals surface area contributed by atoms with E-state index in [0.717, 1.165) is 12.0 Å². The largest absolute Gasteiger partial charge is 0.419 e. The van der Waals surface area contributed by atoms with Crippen LogP contribution in [0.25, 0.3) is 11.3 Å². The molecule has 1 aromatic heterocycles. The Labute approximate surface area is 229 Å². The minimum Gasteiger partial charge on any atom is -0.419 e. The van der Waals surface area contributed by atoms with Crippen molar-refractivity contribution in [1.82, 2.24) is 14.9 Å². The zero-order chi connectivity index (χ0) is 28.1. The zero-order valence-corrected chi connectivity index (χ0v) is 23.6. The van der Waals surface area contributed by atoms with E-state index in [4.69, 9.17) is 15.6 Å². The number of nitrogens with one attached hydrogen (secondary N) is 2. The molecule has 3 rings (SSSR count). The molecule has 38 heavy (non-hydrogen) atoms. The minimum atomic E-state index is -0.239. The fourth-order valence-corrected chi connectivity index (χ4v) is 3.25. The molecule has 1 unspecified atom stereocenters. The normalized spacial score (nSPS) is 10.3. The van der Waals surface area contributed by atoms with Crippen LogP contribution in [0.3, 0.4) is 0 Å². The van der Waals surface area contributed by atoms with Crippen LogP contribution < -0.4 is 0 Å². The van der Waals surface area contributed by atoms with E-state index >= 15 is 0 Å². The van der Waals surface area contributed by atoms with Gasteiger partial charge in [-0.25, -0.2) is 4.98 Å². The molecule has 1 amide bonds. The Morgan fingerprint density at radius 3 is 1.95 bits per heavy atom. The van der Waals surface area contributed by atoms with E-state index in [1.807, 2.05) is 52.0 Å². The number of aryl methyl sites for hydroxylation is 1. The molecule has 0 spiro atoms. The summed E-state index contributed by atoms with van der Waals surface area (Å²) in [5.74, 6) is 0.0115. The minimum absolute atomic E-state index is 0. The van der Waals surface area contributed by atoms with Gasteiger partial charge < -0.3 is 9.64 Å². The predicted molar refractivity (Wildman–Crippen MR) is 160 cm³/mol. The molecular weight excluding hydrogens is 474 g/mol. The maximum atomic E-state index is 12.1. The summed E-state index contributed by atoms with van der Waals surface area (Å²) < 4.78 is 5.51. The molecule has 7 nitrogen and oxygen atoms in total. The molecule has 3 aromatic rings. The molecule has 0 aliphatic heterocycles. The summed E-state index contributed by atoms with van der Waals surface area (Å²) in [5, 5.41) is 16.6. The fourth-order valence-electron chi connectivity index (χ4n) is 3.25. The first-order valence-corrected chi connectivity index (χ1v) is 12.8. The second-order valence-electron chi connectivity index (χ2n) is 8.16. The maximum absolute atomic E-state index is 12.1. The third-order valence-electron chi connectivity index (χ3n) is 5.56. The summed E-state index contributed by atoms with van der Waals surface area (Å²) in [5.41, 5.74) is 4.49. The van der Waals surface area contributed by atoms with Gasteiger partial charge >= 0.3 is 0 Å². The molecule has 0 radical (unpaired) electrons. The third kappa shape index (κ3) is 8.91. The van der Waals surface area contributed by atoms with Crippen LogP contribution in [-0.4, -0.2) is 46.7 Å². The van der Waals surface area contributed by atoms with E-state index in [1.54, 1.807) is 51.5 Å². The first kappa shape index (κ1) is 34.1. The van der Waals surface area contributed by atoms with Crippen molar-refractivity contribution in [3.8, 4) is 11.3 Å². The van der Waals surface area contributed by atoms with Gasteiger partial charge in [-0.1, -0.05) is 73.2 Å². The fraction of sp³-hybridized carbons (Fsp3) is 0.387. The van der Waals surface area contributed by atoms with E-state index in [2.05, 4.69) is 23.8 Å². The van der Waals surface area contributed by atoms with Gasteiger partial charge in [-0.15, -0.1) is 0 Å². The van der Waals surface area contributed by atoms with Gasteiger partial charge in [0.05, 0.1) is 17.6 Å². The van der Waals surface area contributed by atoms with Crippen LogP contribution in [0, 0.1) is 17.7 Å². The molecule has 0 aliphatic rings. The molecule has 0 saturated heterocycles. The number of ether oxygens (including phenoxy) is 1. The number of benzene rings is 2. The topological polar surface area (TPSA) is 103 Å². The van der Waals surface area contributed by atoms with Crippen LogP contribution in [0.2, 0.25) is 0 Å². The van der Waals surface area contributed by atoms with Crippen LogP contribution in [0.15, 0.2) is 54.7 Å². The summed E-state index contributed by atoms with van der Waals surface area (Å²) in [6, 6.07) is 14.7. The van der Waals surface area contributed by atoms with Gasteiger partial charge in [0, 0.05) is 30.8 Å².